The van der Waals surface area contributed by atoms with E-state index in [1.54, 1.807) is 0 Å². The van der Waals surface area contributed by atoms with Gasteiger partial charge in [-0.25, -0.2) is 0 Å². The lowest BCUT2D eigenvalue weighted by atomic mass is 9.87. The van der Waals surface area contributed by atoms with E-state index in [-0.39, 0.29) is 17.7 Å². The number of carbonyl (C=O) groups is 2. The normalized spacial score (nSPS) is 26.9. The molecule has 2 rings (SSSR count). The van der Waals surface area contributed by atoms with Gasteiger partial charge in [0.1, 0.15) is 0 Å². The predicted molar refractivity (Wildman–Crippen MR) is 95.7 cm³/mol. The molecule has 138 valence electrons. The Bertz CT molecular complexity index is 413. The smallest absolute Gasteiger partial charge is 0.234 e. The Hall–Kier alpha value is -1.14. The van der Waals surface area contributed by atoms with Crippen LogP contribution in [0.3, 0.4) is 0 Å². The summed E-state index contributed by atoms with van der Waals surface area (Å²) in [5.74, 6) is 1.16. The molecule has 2 aliphatic rings. The zero-order valence-corrected chi connectivity index (χ0v) is 15.5. The zero-order valence-electron chi connectivity index (χ0n) is 15.5. The van der Waals surface area contributed by atoms with E-state index in [4.69, 9.17) is 0 Å². The quantitative estimate of drug-likeness (QED) is 0.748. The highest BCUT2D eigenvalue weighted by Crippen LogP contribution is 2.23. The van der Waals surface area contributed by atoms with E-state index in [0.717, 1.165) is 44.9 Å². The van der Waals surface area contributed by atoms with Crippen LogP contribution in [0.1, 0.15) is 39.5 Å². The van der Waals surface area contributed by atoms with Crippen LogP contribution in [-0.2, 0) is 9.59 Å². The number of hydrogen-bond acceptors (Lipinski definition) is 4. The van der Waals surface area contributed by atoms with Gasteiger partial charge in [0, 0.05) is 44.7 Å². The highest BCUT2D eigenvalue weighted by atomic mass is 16.2. The number of carbonyl (C=O) groups excluding carboxylic acids is 2. The Labute approximate surface area is 146 Å². The molecular weight excluding hydrogens is 304 g/mol. The van der Waals surface area contributed by atoms with E-state index in [0.29, 0.717) is 19.1 Å². The van der Waals surface area contributed by atoms with Gasteiger partial charge in [0.15, 0.2) is 0 Å². The molecule has 0 radical (unpaired) electrons. The monoisotopic (exact) mass is 338 g/mol. The van der Waals surface area contributed by atoms with Gasteiger partial charge in [-0.05, 0) is 38.6 Å². The van der Waals surface area contributed by atoms with Crippen molar-refractivity contribution in [3.63, 3.8) is 0 Å². The maximum absolute atomic E-state index is 12.3. The van der Waals surface area contributed by atoms with Crippen LogP contribution in [0.4, 0.5) is 0 Å². The van der Waals surface area contributed by atoms with E-state index in [2.05, 4.69) is 22.5 Å². The first-order chi connectivity index (χ1) is 11.5. The van der Waals surface area contributed by atoms with Crippen molar-refractivity contribution in [1.29, 1.82) is 0 Å². The molecule has 0 bridgehead atoms. The predicted octanol–water partition coefficient (Wildman–Crippen LogP) is 0.681. The van der Waals surface area contributed by atoms with Gasteiger partial charge >= 0.3 is 0 Å². The molecule has 2 fully saturated rings. The molecule has 0 aromatic rings. The van der Waals surface area contributed by atoms with Crippen LogP contribution in [0.5, 0.6) is 0 Å². The van der Waals surface area contributed by atoms with Gasteiger partial charge in [-0.15, -0.1) is 0 Å². The molecule has 1 heterocycles. The number of nitrogens with zero attached hydrogens (tertiary/aromatic N) is 2. The summed E-state index contributed by atoms with van der Waals surface area (Å²) in [5.41, 5.74) is 0. The minimum absolute atomic E-state index is 0.0125. The molecule has 1 saturated heterocycles. The molecule has 6 heteroatoms. The fourth-order valence-corrected chi connectivity index (χ4v) is 3.71. The molecule has 1 aliphatic heterocycles. The minimum atomic E-state index is 0.0125. The summed E-state index contributed by atoms with van der Waals surface area (Å²) < 4.78 is 0. The van der Waals surface area contributed by atoms with E-state index in [9.17, 15) is 9.59 Å². The highest BCUT2D eigenvalue weighted by molar-refractivity contribution is 5.79. The Morgan fingerprint density at radius 2 is 1.71 bits per heavy atom. The number of piperazine rings is 1. The lowest BCUT2D eigenvalue weighted by Gasteiger charge is -2.36. The molecule has 6 nitrogen and oxygen atoms in total. The van der Waals surface area contributed by atoms with Crippen LogP contribution in [0, 0.1) is 11.8 Å². The average Bonchev–Trinajstić information content (AvgIpc) is 2.57. The number of rotatable bonds is 6. The molecule has 0 aromatic carbocycles. The van der Waals surface area contributed by atoms with Crippen LogP contribution < -0.4 is 10.6 Å². The molecule has 2 amide bonds. The highest BCUT2D eigenvalue weighted by Gasteiger charge is 2.26. The Kier molecular flexibility index (Phi) is 7.49. The number of amides is 2. The number of hydrogen-bond donors (Lipinski definition) is 2. The standard InChI is InChI=1S/C18H34N4O2/c1-14-4-6-16(7-5-14)20-17(23)13-21-8-10-22(11-9-21)18(24)15(2)12-19-3/h14-16,19H,4-13H2,1-3H3,(H,20,23). The van der Waals surface area contributed by atoms with Crippen LogP contribution in [0.15, 0.2) is 0 Å². The molecule has 24 heavy (non-hydrogen) atoms. The zero-order chi connectivity index (χ0) is 17.5. The molecule has 1 unspecified atom stereocenters. The summed E-state index contributed by atoms with van der Waals surface area (Å²) in [4.78, 5) is 28.6. The summed E-state index contributed by atoms with van der Waals surface area (Å²) >= 11 is 0. The van der Waals surface area contributed by atoms with Crippen molar-refractivity contribution in [2.45, 2.75) is 45.6 Å². The Morgan fingerprint density at radius 3 is 2.29 bits per heavy atom. The van der Waals surface area contributed by atoms with Crippen molar-refractivity contribution in [2.24, 2.45) is 11.8 Å². The van der Waals surface area contributed by atoms with Gasteiger partial charge < -0.3 is 15.5 Å². The second kappa shape index (κ2) is 9.37. The van der Waals surface area contributed by atoms with E-state index < -0.39 is 0 Å². The van der Waals surface area contributed by atoms with Crippen LogP contribution in [0.2, 0.25) is 0 Å². The lowest BCUT2D eigenvalue weighted by Crippen LogP contribution is -2.53. The molecule has 1 aliphatic carbocycles. The van der Waals surface area contributed by atoms with Crippen molar-refractivity contribution >= 4 is 11.8 Å². The van der Waals surface area contributed by atoms with Crippen molar-refractivity contribution < 1.29 is 9.59 Å². The molecular formula is C18H34N4O2. The third kappa shape index (κ3) is 5.74. The molecule has 0 spiro atoms. The van der Waals surface area contributed by atoms with Gasteiger partial charge in [-0.3, -0.25) is 14.5 Å². The van der Waals surface area contributed by atoms with Crippen molar-refractivity contribution in [3.05, 3.63) is 0 Å². The molecule has 1 saturated carbocycles. The van der Waals surface area contributed by atoms with Crippen LogP contribution in [-0.4, -0.2) is 74.0 Å². The maximum Gasteiger partial charge on any atom is 0.234 e. The first-order valence-corrected chi connectivity index (χ1v) is 9.44. The molecule has 2 N–H and O–H groups in total. The second-order valence-electron chi connectivity index (χ2n) is 7.58. The minimum Gasteiger partial charge on any atom is -0.352 e. The summed E-state index contributed by atoms with van der Waals surface area (Å²) in [6, 6.07) is 0.360. The van der Waals surface area contributed by atoms with Gasteiger partial charge in [-0.1, -0.05) is 13.8 Å². The molecule has 1 atom stereocenters. The number of nitrogens with one attached hydrogen (secondary N) is 2. The summed E-state index contributed by atoms with van der Waals surface area (Å²) in [6.45, 7) is 8.43. The van der Waals surface area contributed by atoms with Gasteiger partial charge in [0.25, 0.3) is 0 Å². The third-order valence-electron chi connectivity index (χ3n) is 5.36. The van der Waals surface area contributed by atoms with Crippen LogP contribution >= 0.6 is 0 Å². The van der Waals surface area contributed by atoms with E-state index in [1.807, 2.05) is 18.9 Å². The third-order valence-corrected chi connectivity index (χ3v) is 5.36. The first kappa shape index (κ1) is 19.2. The topological polar surface area (TPSA) is 64.7 Å². The lowest BCUT2D eigenvalue weighted by molar-refractivity contribution is -0.136. The Morgan fingerprint density at radius 1 is 1.08 bits per heavy atom. The largest absolute Gasteiger partial charge is 0.352 e. The van der Waals surface area contributed by atoms with Crippen LogP contribution in [0.25, 0.3) is 0 Å². The van der Waals surface area contributed by atoms with E-state index in [1.165, 1.54) is 12.8 Å². The van der Waals surface area contributed by atoms with Crippen molar-refractivity contribution in [1.82, 2.24) is 20.4 Å². The maximum atomic E-state index is 12.3. The summed E-state index contributed by atoms with van der Waals surface area (Å²) in [5, 5.41) is 6.24. The summed E-state index contributed by atoms with van der Waals surface area (Å²) in [7, 11) is 1.87. The van der Waals surface area contributed by atoms with Gasteiger partial charge in [0.05, 0.1) is 6.54 Å². The summed E-state index contributed by atoms with van der Waals surface area (Å²) in [6.07, 6.45) is 4.66. The van der Waals surface area contributed by atoms with Crippen molar-refractivity contribution in [3.8, 4) is 0 Å². The Balaban J connectivity index is 1.67. The van der Waals surface area contributed by atoms with Gasteiger partial charge in [0.2, 0.25) is 11.8 Å². The SMILES string of the molecule is CNCC(C)C(=O)N1CCN(CC(=O)NC2CCC(C)CC2)CC1. The van der Waals surface area contributed by atoms with E-state index >= 15 is 0 Å². The first-order valence-electron chi connectivity index (χ1n) is 9.44. The fraction of sp³-hybridized carbons (Fsp3) is 0.889. The van der Waals surface area contributed by atoms with Gasteiger partial charge in [-0.2, -0.15) is 0 Å². The second-order valence-corrected chi connectivity index (χ2v) is 7.58. The molecule has 0 aromatic heterocycles. The average molecular weight is 338 g/mol. The fourth-order valence-electron chi connectivity index (χ4n) is 3.71. The van der Waals surface area contributed by atoms with Crippen molar-refractivity contribution in [2.75, 3.05) is 46.3 Å².